The second-order valence-electron chi connectivity index (χ2n) is 8.53. The Labute approximate surface area is 181 Å². The third-order valence-electron chi connectivity index (χ3n) is 6.53. The van der Waals surface area contributed by atoms with E-state index in [9.17, 15) is 9.00 Å². The highest BCUT2D eigenvalue weighted by atomic mass is 32.2. The zero-order chi connectivity index (χ0) is 21.8. The highest BCUT2D eigenvalue weighted by Gasteiger charge is 2.31. The Balaban J connectivity index is 1.40. The molecule has 3 atom stereocenters. The van der Waals surface area contributed by atoms with Crippen LogP contribution in [-0.4, -0.2) is 39.8 Å². The SMILES string of the molecule is CO[C@@H]1COc2c([S@](=N)(=O)NC(=O)Nc3c4c(cc5c3[C@H](C)CC5)CCC4)cnn2C1. The number of nitrogens with zero attached hydrogens (tertiary/aromatic N) is 2. The van der Waals surface area contributed by atoms with Crippen LogP contribution < -0.4 is 14.8 Å². The van der Waals surface area contributed by atoms with Crippen LogP contribution in [-0.2, 0) is 40.5 Å². The number of amides is 2. The molecule has 0 unspecified atom stereocenters. The molecular weight excluding hydrogens is 418 g/mol. The summed E-state index contributed by atoms with van der Waals surface area (Å²) in [5, 5.41) is 7.11. The lowest BCUT2D eigenvalue weighted by atomic mass is 9.95. The van der Waals surface area contributed by atoms with Crippen molar-refractivity contribution < 1.29 is 18.5 Å². The average Bonchev–Trinajstić information content (AvgIpc) is 3.45. The first-order chi connectivity index (χ1) is 14.9. The fourth-order valence-electron chi connectivity index (χ4n) is 4.97. The number of rotatable bonds is 4. The number of nitrogens with one attached hydrogen (secondary N) is 3. The monoisotopic (exact) mass is 445 g/mol. The van der Waals surface area contributed by atoms with Gasteiger partial charge in [-0.2, -0.15) is 5.10 Å². The summed E-state index contributed by atoms with van der Waals surface area (Å²) in [5.41, 5.74) is 5.79. The number of methoxy groups -OCH3 is 1. The Bertz CT molecular complexity index is 1160. The average molecular weight is 446 g/mol. The van der Waals surface area contributed by atoms with Crippen molar-refractivity contribution in [2.45, 2.75) is 62.5 Å². The van der Waals surface area contributed by atoms with Gasteiger partial charge in [0.15, 0.2) is 9.92 Å². The zero-order valence-electron chi connectivity index (χ0n) is 17.7. The zero-order valence-corrected chi connectivity index (χ0v) is 18.5. The van der Waals surface area contributed by atoms with Gasteiger partial charge in [0.25, 0.3) is 0 Å². The Morgan fingerprint density at radius 3 is 3.00 bits per heavy atom. The van der Waals surface area contributed by atoms with Gasteiger partial charge in [0.05, 0.1) is 12.7 Å². The summed E-state index contributed by atoms with van der Waals surface area (Å²) < 4.78 is 36.3. The summed E-state index contributed by atoms with van der Waals surface area (Å²) in [5.74, 6) is 0.602. The summed E-state index contributed by atoms with van der Waals surface area (Å²) in [6, 6.07) is 1.65. The number of carbonyl (C=O) groups is 1. The third-order valence-corrected chi connectivity index (χ3v) is 7.90. The Kier molecular flexibility index (Phi) is 4.93. The number of aromatic nitrogens is 2. The molecule has 2 aliphatic carbocycles. The van der Waals surface area contributed by atoms with Crippen LogP contribution in [0.15, 0.2) is 17.2 Å². The Morgan fingerprint density at radius 1 is 1.35 bits per heavy atom. The molecule has 0 fully saturated rings. The smallest absolute Gasteiger partial charge is 0.331 e. The van der Waals surface area contributed by atoms with Crippen molar-refractivity contribution in [2.24, 2.45) is 0 Å². The molecule has 0 saturated heterocycles. The van der Waals surface area contributed by atoms with Gasteiger partial charge in [0, 0.05) is 12.8 Å². The quantitative estimate of drug-likeness (QED) is 0.669. The molecule has 31 heavy (non-hydrogen) atoms. The van der Waals surface area contributed by atoms with Crippen LogP contribution in [0.4, 0.5) is 10.5 Å². The van der Waals surface area contributed by atoms with E-state index >= 15 is 0 Å². The summed E-state index contributed by atoms with van der Waals surface area (Å²) in [6.07, 6.45) is 6.24. The Hall–Kier alpha value is -2.59. The van der Waals surface area contributed by atoms with Gasteiger partial charge in [0.1, 0.15) is 17.6 Å². The molecule has 2 amide bonds. The number of hydrogen-bond acceptors (Lipinski definition) is 6. The molecule has 1 aliphatic heterocycles. The highest BCUT2D eigenvalue weighted by molar-refractivity contribution is 7.91. The molecule has 9 nitrogen and oxygen atoms in total. The molecule has 2 aromatic rings. The van der Waals surface area contributed by atoms with Gasteiger partial charge in [0.2, 0.25) is 5.88 Å². The first-order valence-electron chi connectivity index (χ1n) is 10.6. The van der Waals surface area contributed by atoms with Crippen molar-refractivity contribution in [3.8, 4) is 5.88 Å². The minimum absolute atomic E-state index is 0.0640. The molecule has 1 aromatic carbocycles. The van der Waals surface area contributed by atoms with E-state index in [1.807, 2.05) is 0 Å². The predicted octanol–water partition coefficient (Wildman–Crippen LogP) is 2.97. The molecule has 1 aromatic heterocycles. The minimum atomic E-state index is -3.65. The van der Waals surface area contributed by atoms with E-state index in [4.69, 9.17) is 14.3 Å². The first-order valence-corrected chi connectivity index (χ1v) is 12.2. The van der Waals surface area contributed by atoms with Crippen LogP contribution in [0.1, 0.15) is 47.9 Å². The minimum Gasteiger partial charge on any atom is -0.474 e. The molecule has 0 saturated carbocycles. The number of carbonyl (C=O) groups excluding carboxylic acids is 1. The van der Waals surface area contributed by atoms with Crippen LogP contribution in [0.25, 0.3) is 0 Å². The predicted molar refractivity (Wildman–Crippen MR) is 115 cm³/mol. The van der Waals surface area contributed by atoms with Gasteiger partial charge in [-0.1, -0.05) is 13.0 Å². The number of aryl methyl sites for hydroxylation is 2. The van der Waals surface area contributed by atoms with Gasteiger partial charge in [-0.3, -0.25) is 0 Å². The van der Waals surface area contributed by atoms with Crippen LogP contribution >= 0.6 is 0 Å². The highest BCUT2D eigenvalue weighted by Crippen LogP contribution is 2.43. The van der Waals surface area contributed by atoms with Crippen LogP contribution in [0.3, 0.4) is 0 Å². The number of fused-ring (bicyclic) bond motifs is 3. The number of hydrogen-bond donors (Lipinski definition) is 3. The van der Waals surface area contributed by atoms with E-state index < -0.39 is 15.9 Å². The molecule has 2 heterocycles. The Morgan fingerprint density at radius 2 is 2.19 bits per heavy atom. The lowest BCUT2D eigenvalue weighted by Crippen LogP contribution is -2.35. The van der Waals surface area contributed by atoms with E-state index in [-0.39, 0.29) is 23.5 Å². The third kappa shape index (κ3) is 3.47. The van der Waals surface area contributed by atoms with Crippen LogP contribution in [0, 0.1) is 4.78 Å². The summed E-state index contributed by atoms with van der Waals surface area (Å²) in [7, 11) is -2.07. The van der Waals surface area contributed by atoms with E-state index in [0.717, 1.165) is 37.8 Å². The summed E-state index contributed by atoms with van der Waals surface area (Å²) in [4.78, 5) is 13.0. The second-order valence-corrected chi connectivity index (χ2v) is 10.3. The second kappa shape index (κ2) is 7.52. The van der Waals surface area contributed by atoms with Crippen molar-refractivity contribution in [3.05, 3.63) is 34.5 Å². The van der Waals surface area contributed by atoms with E-state index in [1.165, 1.54) is 33.1 Å². The number of urea groups is 1. The number of benzene rings is 1. The topological polar surface area (TPSA) is 118 Å². The number of anilines is 1. The lowest BCUT2D eigenvalue weighted by Gasteiger charge is -2.23. The molecule has 5 rings (SSSR count). The number of ether oxygens (including phenoxy) is 2. The first kappa shape index (κ1) is 20.3. The molecule has 0 spiro atoms. The van der Waals surface area contributed by atoms with Gasteiger partial charge < -0.3 is 14.8 Å². The van der Waals surface area contributed by atoms with Gasteiger partial charge in [-0.15, -0.1) is 0 Å². The van der Waals surface area contributed by atoms with Crippen molar-refractivity contribution in [1.82, 2.24) is 14.5 Å². The summed E-state index contributed by atoms with van der Waals surface area (Å²) in [6.45, 7) is 2.89. The van der Waals surface area contributed by atoms with Crippen LogP contribution in [0.5, 0.6) is 5.88 Å². The van der Waals surface area contributed by atoms with Crippen molar-refractivity contribution in [2.75, 3.05) is 19.0 Å². The van der Waals surface area contributed by atoms with E-state index in [0.29, 0.717) is 12.5 Å². The van der Waals surface area contributed by atoms with Crippen molar-refractivity contribution >= 4 is 21.6 Å². The largest absolute Gasteiger partial charge is 0.474 e. The van der Waals surface area contributed by atoms with Gasteiger partial charge in [-0.25, -0.2) is 23.2 Å². The van der Waals surface area contributed by atoms with E-state index in [2.05, 4.69) is 28.1 Å². The van der Waals surface area contributed by atoms with Crippen LogP contribution in [0.2, 0.25) is 0 Å². The van der Waals surface area contributed by atoms with Crippen molar-refractivity contribution in [1.29, 1.82) is 4.78 Å². The molecule has 10 heteroatoms. The fourth-order valence-corrected chi connectivity index (χ4v) is 5.99. The molecular formula is C21H27N5O4S. The molecule has 0 bridgehead atoms. The maximum atomic E-state index is 13.1. The maximum Gasteiger partial charge on any atom is 0.331 e. The summed E-state index contributed by atoms with van der Waals surface area (Å²) >= 11 is 0. The van der Waals surface area contributed by atoms with Gasteiger partial charge in [-0.05, 0) is 60.3 Å². The fraction of sp³-hybridized carbons (Fsp3) is 0.524. The lowest BCUT2D eigenvalue weighted by molar-refractivity contribution is 0.0165. The molecule has 0 radical (unpaired) electrons. The molecule has 3 aliphatic rings. The molecule has 166 valence electrons. The standard InChI is InChI=1S/C21H27N5O4S/c1-12-6-7-14-8-13-4-3-5-16(13)19(18(12)14)24-21(27)25-31(22,28)17-9-23-26-10-15(29-2)11-30-20(17)26/h8-9,12,15H,3-7,10-11H2,1-2H3,(H3,22,24,25,27,28)/t12-,15+,31-/m1/s1. The van der Waals surface area contributed by atoms with Crippen molar-refractivity contribution in [3.63, 3.8) is 0 Å². The maximum absolute atomic E-state index is 13.1. The van der Waals surface area contributed by atoms with E-state index in [1.54, 1.807) is 7.11 Å². The normalized spacial score (nSPS) is 23.3. The molecule has 3 N–H and O–H groups in total. The van der Waals surface area contributed by atoms with Gasteiger partial charge >= 0.3 is 6.03 Å².